The third-order valence-corrected chi connectivity index (χ3v) is 3.21. The van der Waals surface area contributed by atoms with Gasteiger partial charge in [-0.3, -0.25) is 4.21 Å². The average Bonchev–Trinajstić information content (AvgIpc) is 1.90. The summed E-state index contributed by atoms with van der Waals surface area (Å²) in [7, 11) is -0.690. The lowest BCUT2D eigenvalue weighted by Gasteiger charge is -2.08. The average molecular weight is 149 g/mol. The summed E-state index contributed by atoms with van der Waals surface area (Å²) in [5.74, 6) is 0.732. The molecule has 0 fully saturated rings. The van der Waals surface area contributed by atoms with Crippen LogP contribution in [0.15, 0.2) is 0 Å². The molecule has 0 bridgehead atoms. The molecule has 0 aromatic heterocycles. The smallest absolute Gasteiger partial charge is 0.0467 e. The largest absolute Gasteiger partial charge is 0.329 e. The van der Waals surface area contributed by atoms with Gasteiger partial charge in [-0.2, -0.15) is 0 Å². The van der Waals surface area contributed by atoms with E-state index in [0.29, 0.717) is 6.54 Å². The molecule has 9 heavy (non-hydrogen) atoms. The Balaban J connectivity index is 3.64. The molecule has 0 saturated carbocycles. The van der Waals surface area contributed by atoms with Gasteiger partial charge in [-0.1, -0.05) is 13.8 Å². The molecule has 2 unspecified atom stereocenters. The summed E-state index contributed by atoms with van der Waals surface area (Å²) in [6, 6.07) is 0. The number of hydrogen-bond donors (Lipinski definition) is 1. The van der Waals surface area contributed by atoms with Crippen molar-refractivity contribution >= 4 is 10.8 Å². The molecule has 3 heteroatoms. The maximum Gasteiger partial charge on any atom is 0.0467 e. The molecule has 0 spiro atoms. The van der Waals surface area contributed by atoms with Crippen molar-refractivity contribution in [3.8, 4) is 0 Å². The minimum atomic E-state index is -0.690. The lowest BCUT2D eigenvalue weighted by Crippen LogP contribution is -2.25. The van der Waals surface area contributed by atoms with Gasteiger partial charge < -0.3 is 5.73 Å². The highest BCUT2D eigenvalue weighted by molar-refractivity contribution is 7.85. The van der Waals surface area contributed by atoms with Gasteiger partial charge in [0.15, 0.2) is 0 Å². The van der Waals surface area contributed by atoms with Crippen molar-refractivity contribution in [2.45, 2.75) is 25.5 Å². The third kappa shape index (κ3) is 2.96. The van der Waals surface area contributed by atoms with Gasteiger partial charge in [0.25, 0.3) is 0 Å². The zero-order valence-corrected chi connectivity index (χ0v) is 6.91. The van der Waals surface area contributed by atoms with Crippen LogP contribution in [-0.4, -0.2) is 21.8 Å². The van der Waals surface area contributed by atoms with Crippen molar-refractivity contribution in [1.29, 1.82) is 0 Å². The molecule has 0 radical (unpaired) electrons. The van der Waals surface area contributed by atoms with Crippen LogP contribution in [0.1, 0.15) is 20.3 Å². The molecule has 0 aromatic rings. The van der Waals surface area contributed by atoms with Crippen LogP contribution in [0.5, 0.6) is 0 Å². The Morgan fingerprint density at radius 2 is 2.11 bits per heavy atom. The summed E-state index contributed by atoms with van der Waals surface area (Å²) in [6.45, 7) is 4.50. The van der Waals surface area contributed by atoms with Crippen molar-refractivity contribution in [1.82, 2.24) is 0 Å². The highest BCUT2D eigenvalue weighted by atomic mass is 32.2. The molecule has 0 aliphatic rings. The van der Waals surface area contributed by atoms with Crippen LogP contribution in [0.2, 0.25) is 0 Å². The Bertz CT molecular complexity index is 91.1. The second-order valence-electron chi connectivity index (χ2n) is 1.94. The zero-order chi connectivity index (χ0) is 7.28. The first kappa shape index (κ1) is 9.11. The normalized spacial score (nSPS) is 17.2. The molecular weight excluding hydrogens is 134 g/mol. The molecule has 2 N–H and O–H groups in total. The van der Waals surface area contributed by atoms with Crippen molar-refractivity contribution in [2.24, 2.45) is 5.73 Å². The quantitative estimate of drug-likeness (QED) is 0.632. The van der Waals surface area contributed by atoms with E-state index in [1.165, 1.54) is 0 Å². The highest BCUT2D eigenvalue weighted by Crippen LogP contribution is 1.98. The Morgan fingerprint density at radius 3 is 2.22 bits per heavy atom. The fourth-order valence-electron chi connectivity index (χ4n) is 0.696. The van der Waals surface area contributed by atoms with Crippen LogP contribution in [0.25, 0.3) is 0 Å². The maximum atomic E-state index is 11.0. The first-order chi connectivity index (χ1) is 4.26. The summed E-state index contributed by atoms with van der Waals surface area (Å²) in [5.41, 5.74) is 5.37. The topological polar surface area (TPSA) is 43.1 Å². The van der Waals surface area contributed by atoms with Crippen molar-refractivity contribution in [2.75, 3.05) is 12.3 Å². The van der Waals surface area contributed by atoms with E-state index >= 15 is 0 Å². The molecule has 0 amide bonds. The van der Waals surface area contributed by atoms with Crippen LogP contribution in [0.3, 0.4) is 0 Å². The van der Waals surface area contributed by atoms with Gasteiger partial charge in [0.1, 0.15) is 0 Å². The van der Waals surface area contributed by atoms with Gasteiger partial charge in [-0.25, -0.2) is 0 Å². The molecule has 0 aliphatic carbocycles. The van der Waals surface area contributed by atoms with Gasteiger partial charge in [-0.05, 0) is 6.42 Å². The van der Waals surface area contributed by atoms with Crippen LogP contribution in [0.4, 0.5) is 0 Å². The predicted molar refractivity (Wildman–Crippen MR) is 41.8 cm³/mol. The number of rotatable bonds is 4. The molecule has 2 nitrogen and oxygen atoms in total. The molecule has 0 heterocycles. The third-order valence-electron chi connectivity index (χ3n) is 1.37. The summed E-state index contributed by atoms with van der Waals surface area (Å²) < 4.78 is 11.0. The SMILES string of the molecule is CCC(CN)S(=O)CC. The second-order valence-corrected chi connectivity index (χ2v) is 3.94. The van der Waals surface area contributed by atoms with Crippen molar-refractivity contribution in [3.05, 3.63) is 0 Å². The van der Waals surface area contributed by atoms with Crippen molar-refractivity contribution < 1.29 is 4.21 Å². The fraction of sp³-hybridized carbons (Fsp3) is 1.00. The first-order valence-electron chi connectivity index (χ1n) is 3.33. The van der Waals surface area contributed by atoms with Gasteiger partial charge in [0.05, 0.1) is 0 Å². The molecular formula is C6H15NOS. The molecule has 2 atom stereocenters. The Kier molecular flexibility index (Phi) is 5.00. The molecule has 56 valence electrons. The Hall–Kier alpha value is 0.110. The fourth-order valence-corrected chi connectivity index (χ4v) is 1.75. The van der Waals surface area contributed by atoms with E-state index in [0.717, 1.165) is 12.2 Å². The lowest BCUT2D eigenvalue weighted by molar-refractivity contribution is 0.665. The van der Waals surface area contributed by atoms with E-state index < -0.39 is 10.8 Å². The minimum absolute atomic E-state index is 0.218. The van der Waals surface area contributed by atoms with Crippen LogP contribution in [0, 0.1) is 0 Å². The van der Waals surface area contributed by atoms with E-state index in [1.54, 1.807) is 0 Å². The number of nitrogens with two attached hydrogens (primary N) is 1. The molecule has 0 aromatic carbocycles. The first-order valence-corrected chi connectivity index (χ1v) is 4.71. The van der Waals surface area contributed by atoms with E-state index in [1.807, 2.05) is 13.8 Å². The summed E-state index contributed by atoms with van der Waals surface area (Å²) in [5, 5.41) is 0.218. The summed E-state index contributed by atoms with van der Waals surface area (Å²) >= 11 is 0. The second kappa shape index (κ2) is 4.94. The molecule has 0 saturated heterocycles. The van der Waals surface area contributed by atoms with Gasteiger partial charge in [-0.15, -0.1) is 0 Å². The van der Waals surface area contributed by atoms with E-state index in [2.05, 4.69) is 0 Å². The monoisotopic (exact) mass is 149 g/mol. The van der Waals surface area contributed by atoms with Gasteiger partial charge >= 0.3 is 0 Å². The van der Waals surface area contributed by atoms with Crippen LogP contribution in [-0.2, 0) is 10.8 Å². The Morgan fingerprint density at radius 1 is 1.56 bits per heavy atom. The van der Waals surface area contributed by atoms with Crippen LogP contribution >= 0.6 is 0 Å². The summed E-state index contributed by atoms with van der Waals surface area (Å²) in [6.07, 6.45) is 0.928. The Labute approximate surface area is 59.3 Å². The standard InChI is InChI=1S/C6H15NOS/c1-3-6(5-7)9(8)4-2/h6H,3-5,7H2,1-2H3. The maximum absolute atomic E-state index is 11.0. The molecule has 0 aliphatic heterocycles. The lowest BCUT2D eigenvalue weighted by atomic mass is 10.3. The minimum Gasteiger partial charge on any atom is -0.329 e. The number of hydrogen-bond acceptors (Lipinski definition) is 2. The summed E-state index contributed by atoms with van der Waals surface area (Å²) in [4.78, 5) is 0. The molecule has 0 rings (SSSR count). The van der Waals surface area contributed by atoms with Gasteiger partial charge in [0.2, 0.25) is 0 Å². The van der Waals surface area contributed by atoms with E-state index in [-0.39, 0.29) is 5.25 Å². The van der Waals surface area contributed by atoms with Crippen LogP contribution < -0.4 is 5.73 Å². The van der Waals surface area contributed by atoms with Gasteiger partial charge in [0, 0.05) is 28.3 Å². The van der Waals surface area contributed by atoms with E-state index in [4.69, 9.17) is 5.73 Å². The predicted octanol–water partition coefficient (Wildman–Crippen LogP) is 0.492. The zero-order valence-electron chi connectivity index (χ0n) is 6.09. The van der Waals surface area contributed by atoms with Crippen molar-refractivity contribution in [3.63, 3.8) is 0 Å². The highest BCUT2D eigenvalue weighted by Gasteiger charge is 2.08. The van der Waals surface area contributed by atoms with E-state index in [9.17, 15) is 4.21 Å².